The van der Waals surface area contributed by atoms with Crippen molar-refractivity contribution in [1.82, 2.24) is 37.4 Å². The summed E-state index contributed by atoms with van der Waals surface area (Å²) in [6, 6.07) is 3.82. The standard InChI is InChI=1S/2C13H26NO2P.C12H23N4OP.C12H25N2OP.3C12H24NO2P.C12H22NO2P.CH4.B/c2*1-10-3-5-12(6-4-10)16-9-11-7-13(15-2)8-14(11)17;1-9-2-4-12(5-3-9)17-8-11-6-10(14-15-13)7-16(11)18;1-9-2-4-12(5-3-9)15-8-11-6-10(13)7-14(11)16;4*1-9-2-4-12(5-3-9)15-8-10-6-11(14)7-13(10)16;;/h2*10-13H,3-9,17H2,1-2H3;9-12H,2-8,18H2,1H3;9-12H,2-8,13,16H2,1H3;3*9-12,14H,2-8,16H2,1H3;9-10,12H,2-8,16H2,1H3;1H4;/t2*10?,11-,12?,13+;2*9?,10-,11-,12?;3*9?,10-,11+,12?;9?,10-,12?;;/m00000000../s1. The summed E-state index contributed by atoms with van der Waals surface area (Å²) in [6.45, 7) is 31.8. The quantitative estimate of drug-likeness (QED) is 0.0196. The van der Waals surface area contributed by atoms with Gasteiger partial charge in [-0.2, -0.15) is 0 Å². The molecule has 5 N–H and O–H groups in total. The SMILES string of the molecule is C.CC1CCC(OC[C@@H]2CC(=O)CN2P)CC1.CC1CCC(OC[C@@H]2C[C@@H](O)CN2P)CC1.CC1CCC(OC[C@@H]2C[C@@H](O)CN2P)CC1.CC1CCC(OC[C@@H]2C[C@@H](O)CN2P)CC1.CC1CCC(OC[C@@H]2C[C@H](N)CN2P)CC1.CC1CCC(OC[C@@H]2C[C@H](N=[N+]=[N-])CN2P)CC1.CO[C@@H]1C[C@@H](COC2CCC(C)CC2)N(P)C1.CO[C@@H]1C[C@@H](COC2CCC(C)CC2)N(P)C1.[B]. The van der Waals surface area contributed by atoms with Gasteiger partial charge in [0.1, 0.15) is 5.78 Å². The van der Waals surface area contributed by atoms with Gasteiger partial charge in [-0.25, -0.2) is 0 Å². The number of azide groups is 1. The highest BCUT2D eigenvalue weighted by molar-refractivity contribution is 7.14. The fourth-order valence-corrected chi connectivity index (χ4v) is 25.7. The van der Waals surface area contributed by atoms with Crippen molar-refractivity contribution in [2.45, 2.75) is 459 Å². The number of β-amino-alcohol motifs (C(OH)–C–C–N with tert-alkyl or cyclic N) is 3. The van der Waals surface area contributed by atoms with E-state index in [1.54, 1.807) is 14.2 Å². The third-order valence-corrected chi connectivity index (χ3v) is 37.2. The molecule has 0 aromatic carbocycles. The summed E-state index contributed by atoms with van der Waals surface area (Å²) in [6.07, 6.45) is 52.0. The van der Waals surface area contributed by atoms with Gasteiger partial charge in [-0.1, -0.05) is 143 Å². The maximum Gasteiger partial charge on any atom is 0.148 e. The fourth-order valence-electron chi connectivity index (χ4n) is 22.2. The number of Topliss-reactive ketones (excluding diaryl/α,β-unsaturated/α-hetero) is 1. The molecule has 16 rings (SSSR count). The Morgan fingerprint density at radius 3 is 0.709 bits per heavy atom. The number of methoxy groups -OCH3 is 2. The van der Waals surface area contributed by atoms with Gasteiger partial charge >= 0.3 is 0 Å². The van der Waals surface area contributed by atoms with Gasteiger partial charge in [0.25, 0.3) is 0 Å². The summed E-state index contributed by atoms with van der Waals surface area (Å²) < 4.78 is 76.3. The Morgan fingerprint density at radius 1 is 0.306 bits per heavy atom. The van der Waals surface area contributed by atoms with Crippen LogP contribution in [-0.2, 0) is 52.2 Å². The molecule has 8 heterocycles. The maximum absolute atomic E-state index is 11.2. The third kappa shape index (κ3) is 46.6. The van der Waals surface area contributed by atoms with E-state index in [2.05, 4.69) is 173 Å². The van der Waals surface area contributed by atoms with E-state index in [1.165, 1.54) is 205 Å². The van der Waals surface area contributed by atoms with Gasteiger partial charge in [0.15, 0.2) is 0 Å². The first-order valence-corrected chi connectivity index (χ1v) is 56.9. The van der Waals surface area contributed by atoms with Crippen molar-refractivity contribution in [1.29, 1.82) is 0 Å². The monoisotopic (exact) mass is 2040 g/mol. The zero-order valence-electron chi connectivity index (χ0n) is 84.5. The second-order valence-electron chi connectivity index (χ2n) is 44.2. The van der Waals surface area contributed by atoms with Gasteiger partial charge < -0.3 is 68.4 Å². The van der Waals surface area contributed by atoms with Crippen LogP contribution in [0, 0.1) is 47.3 Å². The number of aliphatic hydroxyl groups is 3. The van der Waals surface area contributed by atoms with Gasteiger partial charge in [-0.3, -0.25) is 42.2 Å². The lowest BCUT2D eigenvalue weighted by atomic mass is 9.89. The van der Waals surface area contributed by atoms with Gasteiger partial charge in [-0.05, 0) is 303 Å². The van der Waals surface area contributed by atoms with Crippen molar-refractivity contribution in [3.8, 4) is 0 Å². The number of ether oxygens (including phenoxy) is 10. The normalized spacial score (nSPS) is 39.3. The second kappa shape index (κ2) is 66.8. The molecule has 0 aromatic rings. The van der Waals surface area contributed by atoms with E-state index in [-0.39, 0.29) is 46.2 Å². The number of hydrogen-bond acceptors (Lipinski definition) is 24. The Labute approximate surface area is 836 Å². The minimum absolute atomic E-state index is 0. The van der Waals surface area contributed by atoms with Gasteiger partial charge in [0.2, 0.25) is 0 Å². The highest BCUT2D eigenvalue weighted by Crippen LogP contribution is 2.38. The first kappa shape index (κ1) is 123. The van der Waals surface area contributed by atoms with Crippen LogP contribution in [-0.4, -0.2) is 326 Å². The first-order valence-electron chi connectivity index (χ1n) is 52.8. The van der Waals surface area contributed by atoms with Crippen LogP contribution in [0.25, 0.3) is 10.4 Å². The Bertz CT molecular complexity index is 2860. The summed E-state index contributed by atoms with van der Waals surface area (Å²) >= 11 is 0. The lowest BCUT2D eigenvalue weighted by Crippen LogP contribution is -2.29. The van der Waals surface area contributed by atoms with Crippen molar-refractivity contribution in [3.05, 3.63) is 10.4 Å². The van der Waals surface area contributed by atoms with Gasteiger partial charge in [-0.15, -0.1) is 0 Å². The molecule has 0 aromatic heterocycles. The Morgan fingerprint density at radius 2 is 0.515 bits per heavy atom. The number of nitrogens with two attached hydrogens (primary N) is 1. The molecule has 16 fully saturated rings. The van der Waals surface area contributed by atoms with Crippen LogP contribution in [0.1, 0.15) is 320 Å². The van der Waals surface area contributed by atoms with Crippen LogP contribution < -0.4 is 5.73 Å². The number of hydrogen-bond donors (Lipinski definition) is 4. The van der Waals surface area contributed by atoms with Crippen molar-refractivity contribution in [3.63, 3.8) is 0 Å². The van der Waals surface area contributed by atoms with Crippen LogP contribution in [0.4, 0.5) is 0 Å². The zero-order chi connectivity index (χ0) is 95.2. The average molecular weight is 2040 g/mol. The molecule has 8 unspecified atom stereocenters. The average Bonchev–Trinajstić information content (AvgIpc) is 1.69. The molecular weight excluding hydrogens is 1840 g/mol. The highest BCUT2D eigenvalue weighted by Gasteiger charge is 2.39. The molecule has 0 spiro atoms. The van der Waals surface area contributed by atoms with E-state index in [9.17, 15) is 20.1 Å². The summed E-state index contributed by atoms with van der Waals surface area (Å²) in [4.78, 5) is 14.1. The van der Waals surface area contributed by atoms with E-state index < -0.39 is 0 Å². The zero-order valence-corrected chi connectivity index (χ0v) is 93.8. The van der Waals surface area contributed by atoms with Crippen LogP contribution >= 0.6 is 75.1 Å². The number of nitrogens with zero attached hydrogens (tertiary/aromatic N) is 11. The van der Waals surface area contributed by atoms with Crippen LogP contribution in [0.3, 0.4) is 0 Å². The summed E-state index contributed by atoms with van der Waals surface area (Å²) in [5, 5.41) is 32.4. The minimum atomic E-state index is -0.169. The minimum Gasteiger partial charge on any atom is -0.392 e. The molecule has 8 aliphatic heterocycles. The van der Waals surface area contributed by atoms with E-state index in [0.717, 1.165) is 184 Å². The molecule has 16 aliphatic rings. The van der Waals surface area contributed by atoms with Crippen molar-refractivity contribution in [2.75, 3.05) is 119 Å². The number of rotatable bonds is 27. The molecule has 3 radical (unpaired) electrons. The van der Waals surface area contributed by atoms with Crippen molar-refractivity contribution >= 4 is 89.3 Å². The summed E-state index contributed by atoms with van der Waals surface area (Å²) in [5.74, 6) is 7.41. The molecule has 35 heteroatoms. The lowest BCUT2D eigenvalue weighted by Gasteiger charge is -2.28. The lowest BCUT2D eigenvalue weighted by molar-refractivity contribution is -0.116. The number of ketones is 1. The van der Waals surface area contributed by atoms with E-state index >= 15 is 0 Å². The van der Waals surface area contributed by atoms with Gasteiger partial charge in [0.05, 0.1) is 145 Å². The van der Waals surface area contributed by atoms with E-state index in [0.29, 0.717) is 135 Å². The summed E-state index contributed by atoms with van der Waals surface area (Å²) in [5.41, 5.74) is 14.4. The third-order valence-electron chi connectivity index (χ3n) is 32.1. The van der Waals surface area contributed by atoms with E-state index in [1.807, 2.05) is 4.67 Å². The molecule has 8 saturated heterocycles. The Hall–Kier alpha value is 1.60. The molecule has 8 saturated carbocycles. The molecule has 0 bridgehead atoms. The molecule has 8 aliphatic carbocycles. The topological polar surface area (TPSA) is 271 Å². The largest absolute Gasteiger partial charge is 0.392 e. The molecule has 23 atom stereocenters. The van der Waals surface area contributed by atoms with Crippen LogP contribution in [0.5, 0.6) is 0 Å². The number of carbonyl (C=O) groups is 1. The summed E-state index contributed by atoms with van der Waals surface area (Å²) in [7, 11) is 25.4. The predicted molar refractivity (Wildman–Crippen MR) is 576 cm³/mol. The maximum atomic E-state index is 11.2. The van der Waals surface area contributed by atoms with Crippen LogP contribution in [0.15, 0.2) is 5.11 Å². The fraction of sp³-hybridized carbons (Fsp3) is 0.990. The first-order chi connectivity index (χ1) is 63.3. The number of carbonyl (C=O) groups excluding carboxylic acids is 1. The second-order valence-corrected chi connectivity index (χ2v) is 49.5. The highest BCUT2D eigenvalue weighted by atomic mass is 31.0. The predicted octanol–water partition coefficient (Wildman–Crippen LogP) is 17.5. The number of aliphatic hydroxyl groups excluding tert-OH is 3. The molecule has 26 nitrogen and oxygen atoms in total. The molecule has 781 valence electrons. The Kier molecular flexibility index (Phi) is 61.1. The van der Waals surface area contributed by atoms with Crippen molar-refractivity contribution < 1.29 is 67.5 Å². The Balaban J connectivity index is 0.000000209. The molecule has 0 amide bonds. The smallest absolute Gasteiger partial charge is 0.148 e. The van der Waals surface area contributed by atoms with E-state index in [4.69, 9.17) is 58.6 Å². The molecular formula is C99H198BN12O14P8. The van der Waals surface area contributed by atoms with Gasteiger partial charge in [0, 0.05) is 134 Å². The van der Waals surface area contributed by atoms with Crippen molar-refractivity contribution in [2.24, 2.45) is 58.2 Å². The van der Waals surface area contributed by atoms with Crippen LogP contribution in [0.2, 0.25) is 0 Å². The molecule has 134 heavy (non-hydrogen) atoms.